The molecular weight excluding hydrogens is 739 g/mol. The lowest BCUT2D eigenvalue weighted by atomic mass is 10.0. The van der Waals surface area contributed by atoms with Crippen molar-refractivity contribution in [1.29, 1.82) is 0 Å². The number of hydrogen-bond donors (Lipinski definition) is 3. The van der Waals surface area contributed by atoms with Gasteiger partial charge in [-0.1, -0.05) is 204 Å². The highest BCUT2D eigenvalue weighted by atomic mass is 31.2. The summed E-state index contributed by atoms with van der Waals surface area (Å²) in [4.78, 5) is 42.9. The minimum Gasteiger partial charge on any atom is -0.462 e. The van der Waals surface area contributed by atoms with Crippen molar-refractivity contribution in [3.63, 3.8) is 0 Å². The van der Waals surface area contributed by atoms with Crippen LogP contribution in [0.1, 0.15) is 213 Å². The van der Waals surface area contributed by atoms with Crippen LogP contribution in [0.4, 0.5) is 0 Å². The summed E-state index contributed by atoms with van der Waals surface area (Å²) in [6, 6.07) is 0. The number of hydrogen-bond acceptors (Lipinski definition) is 7. The molecule has 0 aliphatic rings. The first-order chi connectivity index (χ1) is 27.7. The fourth-order valence-electron chi connectivity index (χ4n) is 6.44. The third-order valence-corrected chi connectivity index (χ3v) is 10.4. The second kappa shape index (κ2) is 42.1. The van der Waals surface area contributed by atoms with Crippen molar-refractivity contribution in [2.24, 2.45) is 0 Å². The highest BCUT2D eigenvalue weighted by Crippen LogP contribution is 2.36. The Hall–Kier alpha value is -2.03. The van der Waals surface area contributed by atoms with E-state index in [1.54, 1.807) is 0 Å². The first kappa shape index (κ1) is 55.0. The largest absolute Gasteiger partial charge is 0.469 e. The zero-order valence-electron chi connectivity index (χ0n) is 36.3. The molecule has 2 atom stereocenters. The van der Waals surface area contributed by atoms with Gasteiger partial charge in [0.05, 0.1) is 12.7 Å². The Labute approximate surface area is 348 Å². The van der Waals surface area contributed by atoms with Crippen LogP contribution in [0.5, 0.6) is 0 Å². The van der Waals surface area contributed by atoms with Crippen LogP contribution >= 0.6 is 7.82 Å². The van der Waals surface area contributed by atoms with Gasteiger partial charge in [-0.3, -0.25) is 14.1 Å². The molecule has 3 N–H and O–H groups in total. The van der Waals surface area contributed by atoms with Crippen molar-refractivity contribution < 1.29 is 43.0 Å². The smallest absolute Gasteiger partial charge is 0.462 e. The number of allylic oxidation sites excluding steroid dienone is 7. The molecule has 0 radical (unpaired) electrons. The molecule has 0 amide bonds. The molecule has 9 nitrogen and oxygen atoms in total. The molecule has 0 aromatic carbocycles. The van der Waals surface area contributed by atoms with Crippen LogP contribution in [0.2, 0.25) is 0 Å². The Morgan fingerprint density at radius 1 is 0.526 bits per heavy atom. The molecule has 0 aromatic heterocycles. The van der Waals surface area contributed by atoms with E-state index in [9.17, 15) is 19.3 Å². The highest BCUT2D eigenvalue weighted by molar-refractivity contribution is 7.46. The van der Waals surface area contributed by atoms with Crippen molar-refractivity contribution in [2.45, 2.75) is 225 Å². The molecule has 0 spiro atoms. The first-order valence-electron chi connectivity index (χ1n) is 23.0. The average molecular weight is 825 g/mol. The molecule has 0 saturated heterocycles. The third kappa shape index (κ3) is 44.9. The quantitative estimate of drug-likeness (QED) is 0.0237. The van der Waals surface area contributed by atoms with Gasteiger partial charge in [0.2, 0.25) is 0 Å². The van der Waals surface area contributed by atoms with Crippen molar-refractivity contribution in [1.82, 2.24) is 0 Å². The van der Waals surface area contributed by atoms with E-state index in [2.05, 4.69) is 42.7 Å². The third-order valence-electron chi connectivity index (χ3n) is 9.92. The van der Waals surface area contributed by atoms with E-state index in [0.717, 1.165) is 57.8 Å². The fourth-order valence-corrected chi connectivity index (χ4v) is 6.81. The van der Waals surface area contributed by atoms with Gasteiger partial charge in [-0.25, -0.2) is 4.57 Å². The lowest BCUT2D eigenvalue weighted by molar-refractivity contribution is -0.161. The molecule has 0 unspecified atom stereocenters. The van der Waals surface area contributed by atoms with Gasteiger partial charge >= 0.3 is 19.8 Å². The number of aliphatic hydroxyl groups excluding tert-OH is 1. The summed E-state index contributed by atoms with van der Waals surface area (Å²) in [5.41, 5.74) is 0. The maximum atomic E-state index is 12.4. The molecule has 0 aliphatic heterocycles. The molecule has 332 valence electrons. The molecule has 0 heterocycles. The summed E-state index contributed by atoms with van der Waals surface area (Å²) in [5.74, 6) is -0.966. The van der Waals surface area contributed by atoms with E-state index in [-0.39, 0.29) is 25.6 Å². The number of rotatable bonds is 42. The minimum absolute atomic E-state index is 0.175. The minimum atomic E-state index is -4.78. The number of aliphatic hydroxyl groups is 1. The predicted molar refractivity (Wildman–Crippen MR) is 236 cm³/mol. The average Bonchev–Trinajstić information content (AvgIpc) is 3.18. The van der Waals surface area contributed by atoms with Gasteiger partial charge in [-0.15, -0.1) is 0 Å². The molecule has 0 fully saturated rings. The summed E-state index contributed by atoms with van der Waals surface area (Å²) in [5, 5.41) is 9.80. The van der Waals surface area contributed by atoms with Crippen molar-refractivity contribution in [3.05, 3.63) is 48.6 Å². The Morgan fingerprint density at radius 3 is 1.42 bits per heavy atom. The Balaban J connectivity index is 3.95. The monoisotopic (exact) mass is 825 g/mol. The topological polar surface area (TPSA) is 140 Å². The van der Waals surface area contributed by atoms with E-state index in [4.69, 9.17) is 19.3 Å². The van der Waals surface area contributed by atoms with E-state index < -0.39 is 32.5 Å². The predicted octanol–water partition coefficient (Wildman–Crippen LogP) is 13.3. The standard InChI is InChI=1S/C47H85O9P/c1-3-5-7-8-9-10-11-12-13-14-15-16-17-18-19-20-25-28-31-34-37-41-47(50)56-45(43-55-57(51,52)53)42-54-46(49)40-36-33-30-27-24-22-21-23-26-29-32-35-39-44(48)38-6-4-2/h21-22,26-27,29-30,35,39,44-45,48H,3-20,23-25,28,31-34,36-38,40-43H2,1-2H3,(H2,51,52,53)/b22-21-,29-26-,30-27-,39-35-/t44-,45+/m0/s1. The van der Waals surface area contributed by atoms with Crippen LogP contribution in [0.15, 0.2) is 48.6 Å². The van der Waals surface area contributed by atoms with Crippen LogP contribution in [-0.4, -0.2) is 52.3 Å². The second-order valence-corrected chi connectivity index (χ2v) is 16.8. The zero-order valence-corrected chi connectivity index (χ0v) is 37.2. The van der Waals surface area contributed by atoms with Gasteiger partial charge in [-0.2, -0.15) is 0 Å². The van der Waals surface area contributed by atoms with E-state index >= 15 is 0 Å². The number of ether oxygens (including phenoxy) is 2. The normalized spacial score (nSPS) is 13.4. The van der Waals surface area contributed by atoms with Crippen LogP contribution in [0.3, 0.4) is 0 Å². The van der Waals surface area contributed by atoms with Crippen molar-refractivity contribution in [2.75, 3.05) is 13.2 Å². The van der Waals surface area contributed by atoms with Crippen molar-refractivity contribution in [3.8, 4) is 0 Å². The molecule has 0 saturated carbocycles. The highest BCUT2D eigenvalue weighted by Gasteiger charge is 2.22. The summed E-state index contributed by atoms with van der Waals surface area (Å²) >= 11 is 0. The Bertz CT molecular complexity index is 1080. The van der Waals surface area contributed by atoms with Crippen molar-refractivity contribution >= 4 is 19.8 Å². The molecule has 0 rings (SSSR count). The summed E-state index contributed by atoms with van der Waals surface area (Å²) in [6.45, 7) is 3.51. The van der Waals surface area contributed by atoms with E-state index in [0.29, 0.717) is 19.3 Å². The number of unbranched alkanes of at least 4 members (excludes halogenated alkanes) is 22. The fraction of sp³-hybridized carbons (Fsp3) is 0.787. The molecule has 0 aromatic rings. The van der Waals surface area contributed by atoms with Crippen LogP contribution < -0.4 is 0 Å². The molecular formula is C47H85O9P. The Morgan fingerprint density at radius 2 is 0.947 bits per heavy atom. The molecule has 0 aliphatic carbocycles. The maximum absolute atomic E-state index is 12.4. The summed E-state index contributed by atoms with van der Waals surface area (Å²) in [6.07, 6.45) is 48.9. The molecule has 10 heteroatoms. The van der Waals surface area contributed by atoms with Crippen LogP contribution in [-0.2, 0) is 28.2 Å². The van der Waals surface area contributed by atoms with Crippen LogP contribution in [0.25, 0.3) is 0 Å². The van der Waals surface area contributed by atoms with Gasteiger partial charge in [0.15, 0.2) is 6.10 Å². The molecule has 57 heavy (non-hydrogen) atoms. The number of phosphoric ester groups is 1. The van der Waals surface area contributed by atoms with Gasteiger partial charge in [-0.05, 0) is 44.9 Å². The lowest BCUT2D eigenvalue weighted by Gasteiger charge is -2.18. The summed E-state index contributed by atoms with van der Waals surface area (Å²) in [7, 11) is -4.78. The number of phosphoric acid groups is 1. The van der Waals surface area contributed by atoms with Gasteiger partial charge in [0.1, 0.15) is 6.61 Å². The number of carbonyl (C=O) groups is 2. The SMILES string of the molecule is CCCCCCCCCCCCCCCCCCCCCCCC(=O)O[C@H](COC(=O)CCC/C=C\C/C=C\C/C=C\C/C=C\[C@@H](O)CCCC)COP(=O)(O)O. The van der Waals surface area contributed by atoms with E-state index in [1.165, 1.54) is 109 Å². The maximum Gasteiger partial charge on any atom is 0.469 e. The number of carbonyl (C=O) groups excluding carboxylic acids is 2. The molecule has 0 bridgehead atoms. The van der Waals surface area contributed by atoms with Gasteiger partial charge in [0, 0.05) is 12.8 Å². The Kier molecular flexibility index (Phi) is 40.6. The first-order valence-corrected chi connectivity index (χ1v) is 24.6. The summed E-state index contributed by atoms with van der Waals surface area (Å²) < 4.78 is 26.4. The van der Waals surface area contributed by atoms with Gasteiger partial charge < -0.3 is 24.4 Å². The van der Waals surface area contributed by atoms with E-state index in [1.807, 2.05) is 24.3 Å². The van der Waals surface area contributed by atoms with Crippen LogP contribution in [0, 0.1) is 0 Å². The lowest BCUT2D eigenvalue weighted by Crippen LogP contribution is -2.29. The van der Waals surface area contributed by atoms with Gasteiger partial charge in [0.25, 0.3) is 0 Å². The zero-order chi connectivity index (χ0) is 41.9. The number of esters is 2. The second-order valence-electron chi connectivity index (χ2n) is 15.6.